The first-order chi connectivity index (χ1) is 13.9. The largest absolute Gasteiger partial charge is 0.379 e. The Labute approximate surface area is 177 Å². The Morgan fingerprint density at radius 2 is 2.00 bits per heavy atom. The van der Waals surface area contributed by atoms with Gasteiger partial charge in [0.15, 0.2) is 0 Å². The highest BCUT2D eigenvalue weighted by molar-refractivity contribution is 7.89. The smallest absolute Gasteiger partial charge is 0.267 e. The minimum absolute atomic E-state index is 0.150. The molecular weight excluding hydrogens is 430 g/mol. The second-order valence-electron chi connectivity index (χ2n) is 6.41. The number of thiazole rings is 1. The fourth-order valence-electron chi connectivity index (χ4n) is 2.97. The first kappa shape index (κ1) is 20.2. The average Bonchev–Trinajstić information content (AvgIpc) is 3.38. The zero-order valence-corrected chi connectivity index (χ0v) is 18.1. The molecule has 1 aromatic carbocycles. The number of ether oxygens (including phenoxy) is 1. The van der Waals surface area contributed by atoms with E-state index >= 15 is 0 Å². The van der Waals surface area contributed by atoms with E-state index in [1.54, 1.807) is 30.4 Å². The highest BCUT2D eigenvalue weighted by Crippen LogP contribution is 2.31. The number of amides is 1. The van der Waals surface area contributed by atoms with Crippen LogP contribution in [0.3, 0.4) is 0 Å². The van der Waals surface area contributed by atoms with Crippen LogP contribution in [-0.4, -0.2) is 49.9 Å². The van der Waals surface area contributed by atoms with Gasteiger partial charge in [0.1, 0.15) is 9.88 Å². The summed E-state index contributed by atoms with van der Waals surface area (Å²) in [4.78, 5) is 18.9. The molecule has 0 unspecified atom stereocenters. The van der Waals surface area contributed by atoms with Gasteiger partial charge in [-0.3, -0.25) is 4.79 Å². The molecule has 2 aromatic heterocycles. The van der Waals surface area contributed by atoms with Crippen molar-refractivity contribution in [2.24, 2.45) is 0 Å². The van der Waals surface area contributed by atoms with Crippen LogP contribution >= 0.6 is 22.7 Å². The van der Waals surface area contributed by atoms with E-state index in [9.17, 15) is 13.2 Å². The van der Waals surface area contributed by atoms with E-state index in [2.05, 4.69) is 10.3 Å². The predicted octanol–water partition coefficient (Wildman–Crippen LogP) is 3.45. The lowest BCUT2D eigenvalue weighted by molar-refractivity contribution is 0.0730. The van der Waals surface area contributed by atoms with Gasteiger partial charge in [-0.05, 0) is 36.6 Å². The summed E-state index contributed by atoms with van der Waals surface area (Å²) in [7, 11) is -3.62. The van der Waals surface area contributed by atoms with Crippen molar-refractivity contribution in [1.82, 2.24) is 9.29 Å². The number of benzene rings is 1. The number of nitrogens with zero attached hydrogens (tertiary/aromatic N) is 2. The molecule has 152 valence electrons. The van der Waals surface area contributed by atoms with Gasteiger partial charge in [0.05, 0.1) is 28.7 Å². The Balaban J connectivity index is 1.54. The van der Waals surface area contributed by atoms with E-state index in [1.165, 1.54) is 27.8 Å². The minimum atomic E-state index is -3.62. The van der Waals surface area contributed by atoms with Crippen LogP contribution in [0.5, 0.6) is 0 Å². The molecule has 1 aliphatic rings. The third kappa shape index (κ3) is 4.26. The fraction of sp³-hybridized carbons (Fsp3) is 0.263. The first-order valence-corrected chi connectivity index (χ1v) is 12.1. The summed E-state index contributed by atoms with van der Waals surface area (Å²) in [5.74, 6) is -0.302. The quantitative estimate of drug-likeness (QED) is 0.644. The van der Waals surface area contributed by atoms with Crippen molar-refractivity contribution in [3.05, 3.63) is 52.3 Å². The van der Waals surface area contributed by atoms with E-state index in [1.807, 2.05) is 17.5 Å². The average molecular weight is 450 g/mol. The van der Waals surface area contributed by atoms with Gasteiger partial charge in [0, 0.05) is 18.8 Å². The lowest BCUT2D eigenvalue weighted by Crippen LogP contribution is -2.40. The molecule has 7 nitrogen and oxygen atoms in total. The maximum Gasteiger partial charge on any atom is 0.267 e. The molecule has 0 bridgehead atoms. The topological polar surface area (TPSA) is 88.6 Å². The normalized spacial score (nSPS) is 15.3. The van der Waals surface area contributed by atoms with Gasteiger partial charge in [0.25, 0.3) is 5.91 Å². The van der Waals surface area contributed by atoms with Crippen LogP contribution in [0.1, 0.15) is 15.4 Å². The molecule has 1 amide bonds. The number of aryl methyl sites for hydroxylation is 1. The van der Waals surface area contributed by atoms with Crippen LogP contribution in [0, 0.1) is 6.92 Å². The van der Waals surface area contributed by atoms with E-state index in [4.69, 9.17) is 4.74 Å². The van der Waals surface area contributed by atoms with E-state index < -0.39 is 10.0 Å². The number of carbonyl (C=O) groups is 1. The lowest BCUT2D eigenvalue weighted by atomic mass is 10.3. The molecule has 4 rings (SSSR count). The van der Waals surface area contributed by atoms with Crippen molar-refractivity contribution < 1.29 is 17.9 Å². The van der Waals surface area contributed by atoms with Crippen LogP contribution < -0.4 is 5.32 Å². The number of nitrogens with one attached hydrogen (secondary N) is 1. The van der Waals surface area contributed by atoms with Crippen molar-refractivity contribution in [2.45, 2.75) is 11.8 Å². The van der Waals surface area contributed by atoms with Crippen molar-refractivity contribution in [3.63, 3.8) is 0 Å². The first-order valence-electron chi connectivity index (χ1n) is 8.96. The maximum atomic E-state index is 12.8. The Bertz CT molecular complexity index is 1120. The Morgan fingerprint density at radius 1 is 1.21 bits per heavy atom. The molecule has 1 aliphatic heterocycles. The van der Waals surface area contributed by atoms with Crippen molar-refractivity contribution in [1.29, 1.82) is 0 Å². The van der Waals surface area contributed by atoms with Crippen molar-refractivity contribution in [3.8, 4) is 9.88 Å². The van der Waals surface area contributed by atoms with Crippen LogP contribution in [0.2, 0.25) is 0 Å². The number of morpholine rings is 1. The number of anilines is 1. The summed E-state index contributed by atoms with van der Waals surface area (Å²) in [6.07, 6.45) is 0. The highest BCUT2D eigenvalue weighted by atomic mass is 32.2. The molecule has 10 heteroatoms. The molecular formula is C19H19N3O4S3. The monoisotopic (exact) mass is 449 g/mol. The summed E-state index contributed by atoms with van der Waals surface area (Å²) in [5.41, 5.74) is 1.07. The van der Waals surface area contributed by atoms with E-state index in [0.29, 0.717) is 42.6 Å². The summed E-state index contributed by atoms with van der Waals surface area (Å²) in [6.45, 7) is 3.20. The summed E-state index contributed by atoms with van der Waals surface area (Å²) >= 11 is 2.89. The third-order valence-electron chi connectivity index (χ3n) is 4.43. The van der Waals surface area contributed by atoms with Gasteiger partial charge in [-0.1, -0.05) is 12.1 Å². The number of hydrogen-bond donors (Lipinski definition) is 1. The molecule has 0 spiro atoms. The summed E-state index contributed by atoms with van der Waals surface area (Å²) in [5, 5.41) is 5.56. The molecule has 1 N–H and O–H groups in total. The Morgan fingerprint density at radius 3 is 2.72 bits per heavy atom. The Kier molecular flexibility index (Phi) is 5.79. The van der Waals surface area contributed by atoms with Crippen LogP contribution in [0.15, 0.2) is 46.7 Å². The van der Waals surface area contributed by atoms with Gasteiger partial charge in [-0.2, -0.15) is 4.31 Å². The van der Waals surface area contributed by atoms with Crippen molar-refractivity contribution >= 4 is 44.3 Å². The molecule has 3 aromatic rings. The highest BCUT2D eigenvalue weighted by Gasteiger charge is 2.26. The van der Waals surface area contributed by atoms with Gasteiger partial charge < -0.3 is 10.1 Å². The fourth-order valence-corrected chi connectivity index (χ4v) is 6.18. The molecule has 0 atom stereocenters. The number of sulfonamides is 1. The van der Waals surface area contributed by atoms with Gasteiger partial charge in [0.2, 0.25) is 10.0 Å². The molecule has 0 saturated carbocycles. The second-order valence-corrected chi connectivity index (χ2v) is 10.3. The maximum absolute atomic E-state index is 12.8. The molecule has 0 radical (unpaired) electrons. The SMILES string of the molecule is Cc1nc(-c2cccs2)sc1C(=O)Nc1cccc(S(=O)(=O)N2CCOCC2)c1. The number of hydrogen-bond acceptors (Lipinski definition) is 7. The minimum Gasteiger partial charge on any atom is -0.379 e. The summed E-state index contributed by atoms with van der Waals surface area (Å²) in [6, 6.07) is 10.2. The molecule has 3 heterocycles. The zero-order valence-electron chi connectivity index (χ0n) is 15.6. The third-order valence-corrected chi connectivity index (χ3v) is 8.52. The standard InChI is InChI=1S/C19H19N3O4S3/c1-13-17(28-19(20-13)16-6-3-11-27-16)18(23)21-14-4-2-5-15(12-14)29(24,25)22-7-9-26-10-8-22/h2-6,11-12H,7-10H2,1H3,(H,21,23). The summed E-state index contributed by atoms with van der Waals surface area (Å²) < 4.78 is 32.3. The van der Waals surface area contributed by atoms with Crippen LogP contribution in [-0.2, 0) is 14.8 Å². The number of rotatable bonds is 5. The van der Waals surface area contributed by atoms with Crippen LogP contribution in [0.25, 0.3) is 9.88 Å². The van der Waals surface area contributed by atoms with Crippen LogP contribution in [0.4, 0.5) is 5.69 Å². The zero-order chi connectivity index (χ0) is 20.4. The van der Waals surface area contributed by atoms with E-state index in [-0.39, 0.29) is 10.8 Å². The van der Waals surface area contributed by atoms with Gasteiger partial charge in [-0.15, -0.1) is 22.7 Å². The number of aromatic nitrogens is 1. The lowest BCUT2D eigenvalue weighted by Gasteiger charge is -2.26. The van der Waals surface area contributed by atoms with Gasteiger partial charge >= 0.3 is 0 Å². The predicted molar refractivity (Wildman–Crippen MR) is 114 cm³/mol. The number of carbonyl (C=O) groups excluding carboxylic acids is 1. The number of thiophene rings is 1. The van der Waals surface area contributed by atoms with Crippen molar-refractivity contribution in [2.75, 3.05) is 31.6 Å². The van der Waals surface area contributed by atoms with Gasteiger partial charge in [-0.25, -0.2) is 13.4 Å². The second kappa shape index (κ2) is 8.33. The van der Waals surface area contributed by atoms with E-state index in [0.717, 1.165) is 9.88 Å². The Hall–Kier alpha value is -2.11. The molecule has 1 fully saturated rings. The molecule has 29 heavy (non-hydrogen) atoms. The molecule has 0 aliphatic carbocycles. The molecule has 1 saturated heterocycles.